The van der Waals surface area contributed by atoms with E-state index in [0.29, 0.717) is 17.6 Å². The average molecular weight is 228 g/mol. The minimum Gasteiger partial charge on any atom is -0.392 e. The summed E-state index contributed by atoms with van der Waals surface area (Å²) in [5, 5.41) is 28.2. The third kappa shape index (κ3) is 2.90. The fourth-order valence-electron chi connectivity index (χ4n) is 2.06. The molecule has 16 heavy (non-hydrogen) atoms. The van der Waals surface area contributed by atoms with Crippen molar-refractivity contribution >= 4 is 5.78 Å². The first-order valence-electron chi connectivity index (χ1n) is 5.83. The van der Waals surface area contributed by atoms with Crippen LogP contribution in [-0.4, -0.2) is 39.9 Å². The van der Waals surface area contributed by atoms with Crippen LogP contribution in [0.4, 0.5) is 0 Å². The fourth-order valence-corrected chi connectivity index (χ4v) is 2.06. The molecule has 0 unspecified atom stereocenters. The van der Waals surface area contributed by atoms with E-state index in [0.717, 1.165) is 19.3 Å². The van der Waals surface area contributed by atoms with Crippen molar-refractivity contribution in [1.82, 2.24) is 0 Å². The van der Waals surface area contributed by atoms with E-state index in [4.69, 9.17) is 5.11 Å². The fraction of sp³-hybridized carbons (Fsp3) is 0.750. The monoisotopic (exact) mass is 228 g/mol. The number of aliphatic hydroxyl groups excluding tert-OH is 3. The summed E-state index contributed by atoms with van der Waals surface area (Å²) in [5.41, 5.74) is 0.827. The lowest BCUT2D eigenvalue weighted by Gasteiger charge is -2.27. The Balaban J connectivity index is 2.80. The number of unbranched alkanes of at least 4 members (excludes halogenated alkanes) is 2. The second kappa shape index (κ2) is 6.13. The predicted molar refractivity (Wildman–Crippen MR) is 59.9 cm³/mol. The summed E-state index contributed by atoms with van der Waals surface area (Å²) in [6.45, 7) is 1.72. The van der Waals surface area contributed by atoms with Crippen LogP contribution in [0.3, 0.4) is 0 Å². The molecule has 0 saturated heterocycles. The number of hydrogen-bond acceptors (Lipinski definition) is 4. The molecule has 4 heteroatoms. The van der Waals surface area contributed by atoms with E-state index in [1.165, 1.54) is 0 Å². The molecule has 1 aliphatic rings. The van der Waals surface area contributed by atoms with Crippen LogP contribution < -0.4 is 0 Å². The largest absolute Gasteiger partial charge is 0.392 e. The SMILES string of the molecule is CCCCCC1=C(CO)[C@H](O)[C@@H](O)CC1=O. The highest BCUT2D eigenvalue weighted by atomic mass is 16.3. The number of ketones is 1. The van der Waals surface area contributed by atoms with Crippen molar-refractivity contribution in [1.29, 1.82) is 0 Å². The Kier molecular flexibility index (Phi) is 5.12. The van der Waals surface area contributed by atoms with Crippen molar-refractivity contribution in [2.75, 3.05) is 6.61 Å². The van der Waals surface area contributed by atoms with Gasteiger partial charge in [0.05, 0.1) is 12.7 Å². The molecule has 0 radical (unpaired) electrons. The molecule has 0 amide bonds. The zero-order valence-electron chi connectivity index (χ0n) is 9.65. The average Bonchev–Trinajstić information content (AvgIpc) is 2.26. The Morgan fingerprint density at radius 3 is 2.56 bits per heavy atom. The van der Waals surface area contributed by atoms with Crippen molar-refractivity contribution < 1.29 is 20.1 Å². The molecule has 0 aromatic rings. The van der Waals surface area contributed by atoms with E-state index in [1.807, 2.05) is 0 Å². The van der Waals surface area contributed by atoms with Crippen LogP contribution in [-0.2, 0) is 4.79 Å². The quantitative estimate of drug-likeness (QED) is 0.600. The molecule has 0 saturated carbocycles. The highest BCUT2D eigenvalue weighted by Crippen LogP contribution is 2.26. The molecule has 2 atom stereocenters. The van der Waals surface area contributed by atoms with Crippen molar-refractivity contribution in [2.45, 2.75) is 51.2 Å². The first-order chi connectivity index (χ1) is 7.61. The molecule has 1 aliphatic carbocycles. The number of rotatable bonds is 5. The van der Waals surface area contributed by atoms with Gasteiger partial charge in [0.15, 0.2) is 5.78 Å². The maximum atomic E-state index is 11.7. The number of Topliss-reactive ketones (excluding diaryl/α,β-unsaturated/α-hetero) is 1. The number of hydrogen-bond donors (Lipinski definition) is 3. The number of carbonyl (C=O) groups is 1. The van der Waals surface area contributed by atoms with Gasteiger partial charge in [-0.25, -0.2) is 0 Å². The van der Waals surface area contributed by atoms with E-state index in [2.05, 4.69) is 6.92 Å². The third-order valence-electron chi connectivity index (χ3n) is 3.04. The molecule has 0 aliphatic heterocycles. The molecular formula is C12H20O4. The van der Waals surface area contributed by atoms with E-state index >= 15 is 0 Å². The van der Waals surface area contributed by atoms with E-state index < -0.39 is 12.2 Å². The van der Waals surface area contributed by atoms with E-state index in [9.17, 15) is 15.0 Å². The standard InChI is InChI=1S/C12H20O4/c1-2-3-4-5-8-9(7-13)12(16)11(15)6-10(8)14/h11-13,15-16H,2-7H2,1H3/t11-,12-/m0/s1. The maximum absolute atomic E-state index is 11.7. The van der Waals surface area contributed by atoms with Gasteiger partial charge in [-0.2, -0.15) is 0 Å². The summed E-state index contributed by atoms with van der Waals surface area (Å²) >= 11 is 0. The van der Waals surface area contributed by atoms with Crippen LogP contribution in [0.25, 0.3) is 0 Å². The van der Waals surface area contributed by atoms with Gasteiger partial charge in [0.2, 0.25) is 0 Å². The summed E-state index contributed by atoms with van der Waals surface area (Å²) in [6.07, 6.45) is 1.36. The number of allylic oxidation sites excluding steroid dienone is 1. The van der Waals surface area contributed by atoms with Gasteiger partial charge in [-0.1, -0.05) is 19.8 Å². The molecule has 1 rings (SSSR count). The van der Waals surface area contributed by atoms with Crippen LogP contribution in [0.15, 0.2) is 11.1 Å². The minimum atomic E-state index is -1.08. The molecule has 0 heterocycles. The van der Waals surface area contributed by atoms with Gasteiger partial charge < -0.3 is 15.3 Å². The Labute approximate surface area is 95.6 Å². The van der Waals surface area contributed by atoms with Gasteiger partial charge in [0.1, 0.15) is 6.10 Å². The van der Waals surface area contributed by atoms with Crippen LogP contribution in [0, 0.1) is 0 Å². The van der Waals surface area contributed by atoms with Gasteiger partial charge >= 0.3 is 0 Å². The van der Waals surface area contributed by atoms with Crippen molar-refractivity contribution in [3.05, 3.63) is 11.1 Å². The zero-order valence-corrected chi connectivity index (χ0v) is 9.65. The lowest BCUT2D eigenvalue weighted by Crippen LogP contribution is -2.37. The molecule has 0 spiro atoms. The molecule has 3 N–H and O–H groups in total. The third-order valence-corrected chi connectivity index (χ3v) is 3.04. The Bertz CT molecular complexity index is 283. The summed E-state index contributed by atoms with van der Waals surface area (Å²) < 4.78 is 0. The summed E-state index contributed by atoms with van der Waals surface area (Å²) in [6, 6.07) is 0. The molecule has 92 valence electrons. The second-order valence-corrected chi connectivity index (χ2v) is 4.26. The van der Waals surface area contributed by atoms with Crippen LogP contribution in [0.2, 0.25) is 0 Å². The second-order valence-electron chi connectivity index (χ2n) is 4.26. The molecular weight excluding hydrogens is 208 g/mol. The van der Waals surface area contributed by atoms with Gasteiger partial charge in [0, 0.05) is 6.42 Å². The Morgan fingerprint density at radius 1 is 1.31 bits per heavy atom. The predicted octanol–water partition coefficient (Wildman–Crippen LogP) is 0.550. The normalized spacial score (nSPS) is 26.4. The lowest BCUT2D eigenvalue weighted by atomic mass is 9.84. The first-order valence-corrected chi connectivity index (χ1v) is 5.83. The molecule has 4 nitrogen and oxygen atoms in total. The van der Waals surface area contributed by atoms with Crippen LogP contribution >= 0.6 is 0 Å². The van der Waals surface area contributed by atoms with Gasteiger partial charge in [0.25, 0.3) is 0 Å². The van der Waals surface area contributed by atoms with Crippen LogP contribution in [0.5, 0.6) is 0 Å². The molecule has 0 aromatic heterocycles. The van der Waals surface area contributed by atoms with Gasteiger partial charge in [-0.15, -0.1) is 0 Å². The summed E-state index contributed by atoms with van der Waals surface area (Å²) in [5.74, 6) is -0.141. The van der Waals surface area contributed by atoms with E-state index in [-0.39, 0.29) is 18.8 Å². The maximum Gasteiger partial charge on any atom is 0.161 e. The zero-order chi connectivity index (χ0) is 12.1. The lowest BCUT2D eigenvalue weighted by molar-refractivity contribution is -0.120. The molecule has 0 fully saturated rings. The minimum absolute atomic E-state index is 0.0356. The van der Waals surface area contributed by atoms with E-state index in [1.54, 1.807) is 0 Å². The topological polar surface area (TPSA) is 77.8 Å². The highest BCUT2D eigenvalue weighted by molar-refractivity contribution is 5.97. The molecule has 0 bridgehead atoms. The van der Waals surface area contributed by atoms with Crippen molar-refractivity contribution in [3.63, 3.8) is 0 Å². The number of carbonyl (C=O) groups excluding carboxylic acids is 1. The smallest absolute Gasteiger partial charge is 0.161 e. The Morgan fingerprint density at radius 2 is 2.00 bits per heavy atom. The van der Waals surface area contributed by atoms with Gasteiger partial charge in [-0.05, 0) is 24.0 Å². The van der Waals surface area contributed by atoms with Crippen molar-refractivity contribution in [2.24, 2.45) is 0 Å². The molecule has 0 aromatic carbocycles. The number of aliphatic hydroxyl groups is 3. The first kappa shape index (κ1) is 13.4. The summed E-state index contributed by atoms with van der Waals surface area (Å²) in [7, 11) is 0. The highest BCUT2D eigenvalue weighted by Gasteiger charge is 2.32. The Hall–Kier alpha value is -0.710. The van der Waals surface area contributed by atoms with Gasteiger partial charge in [-0.3, -0.25) is 4.79 Å². The van der Waals surface area contributed by atoms with Crippen molar-refractivity contribution in [3.8, 4) is 0 Å². The van der Waals surface area contributed by atoms with Crippen LogP contribution in [0.1, 0.15) is 39.0 Å². The summed E-state index contributed by atoms with van der Waals surface area (Å²) in [4.78, 5) is 11.7.